The Morgan fingerprint density at radius 2 is 1.52 bits per heavy atom. The van der Waals surface area contributed by atoms with Crippen LogP contribution in [0.2, 0.25) is 0 Å². The largest absolute Gasteiger partial charge is 0.384 e. The normalized spacial score (nSPS) is 12.6. The molecule has 0 fully saturated rings. The predicted octanol–water partition coefficient (Wildman–Crippen LogP) is 4.51. The summed E-state index contributed by atoms with van der Waals surface area (Å²) >= 11 is 0. The average molecular weight is 284 g/mol. The molecule has 106 valence electrons. The standard InChI is InChI=1S/C18H14F2O/c1-11-10-12(6-8-16(11)19)18(21)15-7-9-17(20)14-5-3-2-4-13(14)15/h2-10,18,21H,1H3. The Morgan fingerprint density at radius 3 is 2.24 bits per heavy atom. The first-order valence-corrected chi connectivity index (χ1v) is 6.69. The number of aliphatic hydroxyl groups is 1. The summed E-state index contributed by atoms with van der Waals surface area (Å²) in [5.74, 6) is -0.633. The average Bonchev–Trinajstić information content (AvgIpc) is 2.50. The van der Waals surface area contributed by atoms with Gasteiger partial charge in [-0.25, -0.2) is 8.78 Å². The van der Waals surface area contributed by atoms with Crippen molar-refractivity contribution in [1.82, 2.24) is 0 Å². The summed E-state index contributed by atoms with van der Waals surface area (Å²) in [7, 11) is 0. The fraction of sp³-hybridized carbons (Fsp3) is 0.111. The van der Waals surface area contributed by atoms with Gasteiger partial charge >= 0.3 is 0 Å². The molecule has 1 N–H and O–H groups in total. The van der Waals surface area contributed by atoms with Gasteiger partial charge in [0.25, 0.3) is 0 Å². The van der Waals surface area contributed by atoms with Crippen molar-refractivity contribution in [1.29, 1.82) is 0 Å². The van der Waals surface area contributed by atoms with Gasteiger partial charge in [-0.2, -0.15) is 0 Å². The molecule has 3 rings (SSSR count). The summed E-state index contributed by atoms with van der Waals surface area (Å²) in [4.78, 5) is 0. The molecule has 21 heavy (non-hydrogen) atoms. The Kier molecular flexibility index (Phi) is 3.43. The Hall–Kier alpha value is -2.26. The first kappa shape index (κ1) is 13.7. The molecule has 3 heteroatoms. The van der Waals surface area contributed by atoms with E-state index in [0.29, 0.717) is 27.5 Å². The predicted molar refractivity (Wildman–Crippen MR) is 79.1 cm³/mol. The van der Waals surface area contributed by atoms with Gasteiger partial charge in [0.1, 0.15) is 17.7 Å². The number of aryl methyl sites for hydroxylation is 1. The van der Waals surface area contributed by atoms with Gasteiger partial charge in [-0.1, -0.05) is 42.5 Å². The van der Waals surface area contributed by atoms with Gasteiger partial charge in [-0.3, -0.25) is 0 Å². The summed E-state index contributed by atoms with van der Waals surface area (Å²) in [6, 6.07) is 14.4. The minimum Gasteiger partial charge on any atom is -0.384 e. The molecule has 0 saturated heterocycles. The molecule has 0 bridgehead atoms. The van der Waals surface area contributed by atoms with Crippen LogP contribution in [0.4, 0.5) is 8.78 Å². The minimum atomic E-state index is -0.921. The van der Waals surface area contributed by atoms with Gasteiger partial charge in [-0.05, 0) is 41.1 Å². The zero-order valence-electron chi connectivity index (χ0n) is 11.5. The number of benzene rings is 3. The van der Waals surface area contributed by atoms with E-state index in [2.05, 4.69) is 0 Å². The van der Waals surface area contributed by atoms with E-state index in [4.69, 9.17) is 0 Å². The summed E-state index contributed by atoms with van der Waals surface area (Å²) < 4.78 is 27.2. The van der Waals surface area contributed by atoms with Gasteiger partial charge < -0.3 is 5.11 Å². The molecule has 0 spiro atoms. The highest BCUT2D eigenvalue weighted by molar-refractivity contribution is 5.86. The quantitative estimate of drug-likeness (QED) is 0.734. The van der Waals surface area contributed by atoms with Crippen LogP contribution in [0.15, 0.2) is 54.6 Å². The first-order valence-electron chi connectivity index (χ1n) is 6.69. The molecule has 3 aromatic carbocycles. The smallest absolute Gasteiger partial charge is 0.131 e. The summed E-state index contributed by atoms with van der Waals surface area (Å²) in [5, 5.41) is 11.7. The third kappa shape index (κ3) is 2.41. The van der Waals surface area contributed by atoms with Crippen molar-refractivity contribution >= 4 is 10.8 Å². The maximum atomic E-state index is 13.8. The molecular weight excluding hydrogens is 270 g/mol. The van der Waals surface area contributed by atoms with E-state index in [9.17, 15) is 13.9 Å². The highest BCUT2D eigenvalue weighted by Gasteiger charge is 2.16. The molecule has 0 saturated carbocycles. The SMILES string of the molecule is Cc1cc(C(O)c2ccc(F)c3ccccc23)ccc1F. The molecular formula is C18H14F2O. The third-order valence-corrected chi connectivity index (χ3v) is 3.70. The van der Waals surface area contributed by atoms with Crippen molar-refractivity contribution in [2.24, 2.45) is 0 Å². The van der Waals surface area contributed by atoms with Crippen molar-refractivity contribution < 1.29 is 13.9 Å². The fourth-order valence-electron chi connectivity index (χ4n) is 2.54. The number of fused-ring (bicyclic) bond motifs is 1. The van der Waals surface area contributed by atoms with E-state index in [1.165, 1.54) is 12.1 Å². The summed E-state index contributed by atoms with van der Waals surface area (Å²) in [6.07, 6.45) is -0.921. The summed E-state index contributed by atoms with van der Waals surface area (Å²) in [5.41, 5.74) is 1.67. The second kappa shape index (κ2) is 5.26. The van der Waals surface area contributed by atoms with Crippen LogP contribution in [0.5, 0.6) is 0 Å². The highest BCUT2D eigenvalue weighted by Crippen LogP contribution is 2.30. The van der Waals surface area contributed by atoms with E-state index < -0.39 is 6.10 Å². The number of aliphatic hydroxyl groups excluding tert-OH is 1. The number of rotatable bonds is 2. The van der Waals surface area contributed by atoms with Gasteiger partial charge in [0.2, 0.25) is 0 Å². The van der Waals surface area contributed by atoms with Crippen molar-refractivity contribution in [3.63, 3.8) is 0 Å². The topological polar surface area (TPSA) is 20.2 Å². The van der Waals surface area contributed by atoms with Gasteiger partial charge in [0.15, 0.2) is 0 Å². The first-order chi connectivity index (χ1) is 10.1. The van der Waals surface area contributed by atoms with Gasteiger partial charge in [-0.15, -0.1) is 0 Å². The number of halogens is 2. The minimum absolute atomic E-state index is 0.310. The molecule has 1 atom stereocenters. The molecule has 3 aromatic rings. The van der Waals surface area contributed by atoms with E-state index >= 15 is 0 Å². The second-order valence-electron chi connectivity index (χ2n) is 5.09. The Bertz CT molecular complexity index is 811. The van der Waals surface area contributed by atoms with Crippen molar-refractivity contribution in [2.45, 2.75) is 13.0 Å². The van der Waals surface area contributed by atoms with Crippen LogP contribution in [-0.2, 0) is 0 Å². The zero-order chi connectivity index (χ0) is 15.0. The van der Waals surface area contributed by atoms with Gasteiger partial charge in [0, 0.05) is 5.39 Å². The molecule has 0 radical (unpaired) electrons. The Morgan fingerprint density at radius 1 is 0.857 bits per heavy atom. The van der Waals surface area contributed by atoms with E-state index in [0.717, 1.165) is 0 Å². The number of hydrogen-bond donors (Lipinski definition) is 1. The number of hydrogen-bond acceptors (Lipinski definition) is 1. The summed E-state index contributed by atoms with van der Waals surface area (Å²) in [6.45, 7) is 1.65. The van der Waals surface area contributed by atoms with Crippen LogP contribution in [-0.4, -0.2) is 5.11 Å². The van der Waals surface area contributed by atoms with Crippen LogP contribution in [0, 0.1) is 18.6 Å². The van der Waals surface area contributed by atoms with Gasteiger partial charge in [0.05, 0.1) is 0 Å². The van der Waals surface area contributed by atoms with E-state index in [1.54, 1.807) is 49.4 Å². The van der Waals surface area contributed by atoms with Crippen LogP contribution in [0.25, 0.3) is 10.8 Å². The lowest BCUT2D eigenvalue weighted by Crippen LogP contribution is -2.02. The van der Waals surface area contributed by atoms with Crippen molar-refractivity contribution in [3.8, 4) is 0 Å². The monoisotopic (exact) mass is 284 g/mol. The Labute approximate surface area is 121 Å². The van der Waals surface area contributed by atoms with Crippen LogP contribution in [0.3, 0.4) is 0 Å². The fourth-order valence-corrected chi connectivity index (χ4v) is 2.54. The zero-order valence-corrected chi connectivity index (χ0v) is 11.5. The molecule has 0 heterocycles. The molecule has 0 aliphatic rings. The maximum absolute atomic E-state index is 13.8. The lowest BCUT2D eigenvalue weighted by Gasteiger charge is -2.15. The Balaban J connectivity index is 2.15. The van der Waals surface area contributed by atoms with Crippen molar-refractivity contribution in [2.75, 3.05) is 0 Å². The van der Waals surface area contributed by atoms with Crippen LogP contribution < -0.4 is 0 Å². The van der Waals surface area contributed by atoms with E-state index in [-0.39, 0.29) is 11.6 Å². The highest BCUT2D eigenvalue weighted by atomic mass is 19.1. The van der Waals surface area contributed by atoms with Crippen LogP contribution >= 0.6 is 0 Å². The molecule has 1 nitrogen and oxygen atoms in total. The lowest BCUT2D eigenvalue weighted by molar-refractivity contribution is 0.221. The molecule has 0 aliphatic heterocycles. The molecule has 0 amide bonds. The molecule has 1 unspecified atom stereocenters. The van der Waals surface area contributed by atoms with Crippen LogP contribution in [0.1, 0.15) is 22.8 Å². The second-order valence-corrected chi connectivity index (χ2v) is 5.09. The lowest BCUT2D eigenvalue weighted by atomic mass is 9.95. The molecule has 0 aromatic heterocycles. The molecule has 0 aliphatic carbocycles. The van der Waals surface area contributed by atoms with E-state index in [1.807, 2.05) is 0 Å². The van der Waals surface area contributed by atoms with Crippen molar-refractivity contribution in [3.05, 3.63) is 82.9 Å². The third-order valence-electron chi connectivity index (χ3n) is 3.70. The maximum Gasteiger partial charge on any atom is 0.131 e.